The summed E-state index contributed by atoms with van der Waals surface area (Å²) in [6.07, 6.45) is 1.55. The Hall–Kier alpha value is -2.02. The third kappa shape index (κ3) is 3.55. The zero-order valence-electron chi connectivity index (χ0n) is 11.7. The number of aryl methyl sites for hydroxylation is 2. The summed E-state index contributed by atoms with van der Waals surface area (Å²) in [6, 6.07) is 4.94. The van der Waals surface area contributed by atoms with Crippen LogP contribution in [0.3, 0.4) is 0 Å². The van der Waals surface area contributed by atoms with Gasteiger partial charge in [-0.25, -0.2) is 9.78 Å². The topological polar surface area (TPSA) is 88.0 Å². The molecule has 7 heteroatoms. The molecule has 1 aromatic carbocycles. The van der Waals surface area contributed by atoms with Crippen LogP contribution in [0.5, 0.6) is 0 Å². The lowest BCUT2D eigenvalue weighted by atomic mass is 10.2. The molecule has 0 unspecified atom stereocenters. The van der Waals surface area contributed by atoms with Crippen LogP contribution < -0.4 is 5.32 Å². The second-order valence-electron chi connectivity index (χ2n) is 4.36. The molecule has 110 valence electrons. The molecule has 0 aliphatic rings. The van der Waals surface area contributed by atoms with Crippen molar-refractivity contribution in [3.8, 4) is 0 Å². The van der Waals surface area contributed by atoms with Crippen LogP contribution in [0.1, 0.15) is 35.6 Å². The number of rotatable bonds is 5. The van der Waals surface area contributed by atoms with Crippen LogP contribution in [0, 0.1) is 0 Å². The maximum atomic E-state index is 11.1. The SMILES string of the molecule is CCc1nnc(Nc2ccc(Br)c(C(=O)O)c2)nc1CC. The first-order valence-corrected chi connectivity index (χ1v) is 7.36. The summed E-state index contributed by atoms with van der Waals surface area (Å²) in [5, 5.41) is 20.2. The van der Waals surface area contributed by atoms with E-state index in [-0.39, 0.29) is 5.56 Å². The van der Waals surface area contributed by atoms with Gasteiger partial charge in [0.05, 0.1) is 17.0 Å². The lowest BCUT2D eigenvalue weighted by Gasteiger charge is -2.09. The maximum Gasteiger partial charge on any atom is 0.336 e. The molecule has 0 bridgehead atoms. The number of benzene rings is 1. The first-order valence-electron chi connectivity index (χ1n) is 6.57. The highest BCUT2D eigenvalue weighted by Crippen LogP contribution is 2.22. The Morgan fingerprint density at radius 1 is 1.24 bits per heavy atom. The van der Waals surface area contributed by atoms with E-state index >= 15 is 0 Å². The average molecular weight is 351 g/mol. The third-order valence-electron chi connectivity index (χ3n) is 2.96. The number of anilines is 2. The van der Waals surface area contributed by atoms with Crippen molar-refractivity contribution in [1.29, 1.82) is 0 Å². The Morgan fingerprint density at radius 2 is 1.95 bits per heavy atom. The van der Waals surface area contributed by atoms with Crippen molar-refractivity contribution in [2.75, 3.05) is 5.32 Å². The molecule has 2 rings (SSSR count). The zero-order chi connectivity index (χ0) is 15.4. The molecule has 0 amide bonds. The molecule has 0 aliphatic heterocycles. The van der Waals surface area contributed by atoms with Gasteiger partial charge in [0.25, 0.3) is 0 Å². The van der Waals surface area contributed by atoms with Crippen molar-refractivity contribution >= 4 is 33.5 Å². The Labute approximate surface area is 130 Å². The van der Waals surface area contributed by atoms with E-state index in [0.29, 0.717) is 16.1 Å². The minimum Gasteiger partial charge on any atom is -0.478 e. The summed E-state index contributed by atoms with van der Waals surface area (Å²) in [5.41, 5.74) is 2.55. The monoisotopic (exact) mass is 350 g/mol. The molecule has 2 aromatic rings. The fourth-order valence-electron chi connectivity index (χ4n) is 1.89. The van der Waals surface area contributed by atoms with E-state index < -0.39 is 5.97 Å². The van der Waals surface area contributed by atoms with Gasteiger partial charge in [0.1, 0.15) is 0 Å². The molecule has 2 N–H and O–H groups in total. The van der Waals surface area contributed by atoms with E-state index in [1.54, 1.807) is 12.1 Å². The summed E-state index contributed by atoms with van der Waals surface area (Å²) in [6.45, 7) is 4.01. The minimum absolute atomic E-state index is 0.175. The largest absolute Gasteiger partial charge is 0.478 e. The number of nitrogens with zero attached hydrogens (tertiary/aromatic N) is 3. The number of carboxylic acids is 1. The molecule has 0 spiro atoms. The van der Waals surface area contributed by atoms with E-state index in [1.165, 1.54) is 6.07 Å². The van der Waals surface area contributed by atoms with Gasteiger partial charge in [-0.3, -0.25) is 0 Å². The van der Waals surface area contributed by atoms with Crippen LogP contribution in [-0.4, -0.2) is 26.3 Å². The highest BCUT2D eigenvalue weighted by molar-refractivity contribution is 9.10. The van der Waals surface area contributed by atoms with E-state index in [1.807, 2.05) is 13.8 Å². The maximum absolute atomic E-state index is 11.1. The molecular formula is C14H15BrN4O2. The number of halogens is 1. The van der Waals surface area contributed by atoms with Gasteiger partial charge in [-0.1, -0.05) is 13.8 Å². The number of hydrogen-bond acceptors (Lipinski definition) is 5. The van der Waals surface area contributed by atoms with Crippen molar-refractivity contribution in [2.45, 2.75) is 26.7 Å². The molecule has 0 radical (unpaired) electrons. The number of nitrogens with one attached hydrogen (secondary N) is 1. The average Bonchev–Trinajstić information content (AvgIpc) is 2.48. The Balaban J connectivity index is 2.30. The fraction of sp³-hybridized carbons (Fsp3) is 0.286. The van der Waals surface area contributed by atoms with E-state index in [2.05, 4.69) is 36.4 Å². The molecule has 6 nitrogen and oxygen atoms in total. The summed E-state index contributed by atoms with van der Waals surface area (Å²) < 4.78 is 0.523. The Bertz CT molecular complexity index is 676. The van der Waals surface area contributed by atoms with Gasteiger partial charge in [0.2, 0.25) is 5.95 Å². The lowest BCUT2D eigenvalue weighted by Crippen LogP contribution is -2.07. The predicted molar refractivity (Wildman–Crippen MR) is 83.0 cm³/mol. The molecular weight excluding hydrogens is 336 g/mol. The van der Waals surface area contributed by atoms with Crippen molar-refractivity contribution in [1.82, 2.24) is 15.2 Å². The summed E-state index contributed by atoms with van der Waals surface area (Å²) in [7, 11) is 0. The number of carbonyl (C=O) groups is 1. The standard InChI is InChI=1S/C14H15BrN4O2/c1-3-11-12(4-2)18-19-14(17-11)16-8-5-6-10(15)9(7-8)13(20)21/h5-7H,3-4H2,1-2H3,(H,20,21)(H,16,17,19). The summed E-state index contributed by atoms with van der Waals surface area (Å²) in [4.78, 5) is 15.5. The van der Waals surface area contributed by atoms with Crippen LogP contribution in [0.15, 0.2) is 22.7 Å². The van der Waals surface area contributed by atoms with Gasteiger partial charge in [-0.15, -0.1) is 10.2 Å². The van der Waals surface area contributed by atoms with Crippen LogP contribution in [0.25, 0.3) is 0 Å². The van der Waals surface area contributed by atoms with Crippen molar-refractivity contribution in [2.24, 2.45) is 0 Å². The smallest absolute Gasteiger partial charge is 0.336 e. The molecule has 0 atom stereocenters. The highest BCUT2D eigenvalue weighted by Gasteiger charge is 2.11. The molecule has 0 aliphatic carbocycles. The number of hydrogen-bond donors (Lipinski definition) is 2. The Morgan fingerprint density at radius 3 is 2.57 bits per heavy atom. The van der Waals surface area contributed by atoms with Gasteiger partial charge < -0.3 is 10.4 Å². The van der Waals surface area contributed by atoms with E-state index in [9.17, 15) is 4.79 Å². The molecule has 0 fully saturated rings. The first-order chi connectivity index (χ1) is 10.0. The molecule has 1 aromatic heterocycles. The van der Waals surface area contributed by atoms with Crippen LogP contribution in [-0.2, 0) is 12.8 Å². The van der Waals surface area contributed by atoms with E-state index in [0.717, 1.165) is 24.2 Å². The highest BCUT2D eigenvalue weighted by atomic mass is 79.9. The minimum atomic E-state index is -1.000. The van der Waals surface area contributed by atoms with Gasteiger partial charge in [0, 0.05) is 10.2 Å². The van der Waals surface area contributed by atoms with Gasteiger partial charge in [-0.05, 0) is 47.0 Å². The van der Waals surface area contributed by atoms with Crippen LogP contribution in [0.4, 0.5) is 11.6 Å². The predicted octanol–water partition coefficient (Wildman–Crippen LogP) is 3.20. The summed E-state index contributed by atoms with van der Waals surface area (Å²) in [5.74, 6) is -0.636. The molecule has 0 saturated heterocycles. The van der Waals surface area contributed by atoms with Crippen LogP contribution >= 0.6 is 15.9 Å². The number of aromatic carboxylic acids is 1. The fourth-order valence-corrected chi connectivity index (χ4v) is 2.30. The first kappa shape index (κ1) is 15.4. The van der Waals surface area contributed by atoms with Crippen LogP contribution in [0.2, 0.25) is 0 Å². The molecule has 21 heavy (non-hydrogen) atoms. The molecule has 1 heterocycles. The quantitative estimate of drug-likeness (QED) is 0.860. The lowest BCUT2D eigenvalue weighted by molar-refractivity contribution is 0.0696. The van der Waals surface area contributed by atoms with Crippen molar-refractivity contribution in [3.05, 3.63) is 39.6 Å². The Kier molecular flexibility index (Phi) is 4.85. The van der Waals surface area contributed by atoms with Crippen molar-refractivity contribution < 1.29 is 9.90 Å². The van der Waals surface area contributed by atoms with Gasteiger partial charge in [0.15, 0.2) is 0 Å². The van der Waals surface area contributed by atoms with Crippen molar-refractivity contribution in [3.63, 3.8) is 0 Å². The molecule has 0 saturated carbocycles. The number of carboxylic acid groups (broad SMARTS) is 1. The summed E-state index contributed by atoms with van der Waals surface area (Å²) >= 11 is 3.21. The number of aromatic nitrogens is 3. The second kappa shape index (κ2) is 6.62. The third-order valence-corrected chi connectivity index (χ3v) is 3.65. The van der Waals surface area contributed by atoms with Gasteiger partial charge >= 0.3 is 5.97 Å². The van der Waals surface area contributed by atoms with Gasteiger partial charge in [-0.2, -0.15) is 0 Å². The zero-order valence-corrected chi connectivity index (χ0v) is 13.3. The van der Waals surface area contributed by atoms with E-state index in [4.69, 9.17) is 5.11 Å². The second-order valence-corrected chi connectivity index (χ2v) is 5.22. The normalized spacial score (nSPS) is 10.4.